The van der Waals surface area contributed by atoms with Crippen LogP contribution < -0.4 is 5.73 Å². The van der Waals surface area contributed by atoms with Crippen molar-refractivity contribution in [2.45, 2.75) is 33.3 Å². The number of nitrogens with two attached hydrogens (primary N) is 1. The zero-order chi connectivity index (χ0) is 13.2. The fraction of sp³-hybridized carbons (Fsp3) is 0.500. The molecule has 2 N–H and O–H groups in total. The Kier molecular flexibility index (Phi) is 7.17. The van der Waals surface area contributed by atoms with Crippen molar-refractivity contribution in [3.63, 3.8) is 0 Å². The summed E-state index contributed by atoms with van der Waals surface area (Å²) in [5.74, 6) is 6.49. The maximum atomic E-state index is 5.70. The summed E-state index contributed by atoms with van der Waals surface area (Å²) in [4.78, 5) is 0. The van der Waals surface area contributed by atoms with Gasteiger partial charge in [-0.05, 0) is 30.0 Å². The van der Waals surface area contributed by atoms with E-state index in [9.17, 15) is 0 Å². The van der Waals surface area contributed by atoms with Crippen molar-refractivity contribution in [1.29, 1.82) is 0 Å². The second kappa shape index (κ2) is 8.74. The molecule has 0 aliphatic carbocycles. The first-order valence-electron chi connectivity index (χ1n) is 6.62. The van der Waals surface area contributed by atoms with E-state index < -0.39 is 0 Å². The molecule has 1 unspecified atom stereocenters. The van der Waals surface area contributed by atoms with Crippen LogP contribution in [0.3, 0.4) is 0 Å². The predicted octanol–water partition coefficient (Wildman–Crippen LogP) is 2.95. The number of hydrogen-bond donors (Lipinski definition) is 1. The highest BCUT2D eigenvalue weighted by atomic mass is 16.5. The lowest BCUT2D eigenvalue weighted by Gasteiger charge is -2.10. The van der Waals surface area contributed by atoms with Gasteiger partial charge in [0.05, 0.1) is 13.2 Å². The molecule has 0 aliphatic rings. The SMILES string of the molecule is CCCC(C)COCc1ccc(C#CCN)cc1. The molecule has 0 radical (unpaired) electrons. The highest BCUT2D eigenvalue weighted by molar-refractivity contribution is 5.36. The number of rotatable bonds is 6. The molecule has 2 nitrogen and oxygen atoms in total. The summed E-state index contributed by atoms with van der Waals surface area (Å²) in [5.41, 5.74) is 7.53. The van der Waals surface area contributed by atoms with E-state index in [4.69, 9.17) is 10.5 Å². The third kappa shape index (κ3) is 5.86. The van der Waals surface area contributed by atoms with Gasteiger partial charge in [0.25, 0.3) is 0 Å². The molecule has 1 aromatic carbocycles. The first-order chi connectivity index (χ1) is 8.76. The molecule has 98 valence electrons. The lowest BCUT2D eigenvalue weighted by Crippen LogP contribution is -2.05. The monoisotopic (exact) mass is 245 g/mol. The first-order valence-corrected chi connectivity index (χ1v) is 6.62. The summed E-state index contributed by atoms with van der Waals surface area (Å²) in [7, 11) is 0. The van der Waals surface area contributed by atoms with Crippen molar-refractivity contribution in [2.75, 3.05) is 13.2 Å². The van der Waals surface area contributed by atoms with Crippen molar-refractivity contribution in [3.8, 4) is 11.8 Å². The van der Waals surface area contributed by atoms with Crippen molar-refractivity contribution in [1.82, 2.24) is 0 Å². The molecule has 1 aromatic rings. The van der Waals surface area contributed by atoms with Crippen LogP contribution in [-0.2, 0) is 11.3 Å². The standard InChI is InChI=1S/C16H23NO/c1-3-5-14(2)12-18-13-16-9-7-15(8-10-16)6-4-11-17/h7-10,14H,3,5,11-13,17H2,1-2H3. The molecule has 0 bridgehead atoms. The van der Waals surface area contributed by atoms with E-state index in [-0.39, 0.29) is 0 Å². The van der Waals surface area contributed by atoms with Gasteiger partial charge in [0.2, 0.25) is 0 Å². The second-order valence-electron chi connectivity index (χ2n) is 4.61. The van der Waals surface area contributed by atoms with Crippen LogP contribution in [0, 0.1) is 17.8 Å². The minimum atomic E-state index is 0.403. The minimum absolute atomic E-state index is 0.403. The predicted molar refractivity (Wildman–Crippen MR) is 76.1 cm³/mol. The summed E-state index contributed by atoms with van der Waals surface area (Å²) < 4.78 is 5.70. The van der Waals surface area contributed by atoms with E-state index in [2.05, 4.69) is 37.8 Å². The molecule has 0 saturated heterocycles. The van der Waals surface area contributed by atoms with E-state index in [0.29, 0.717) is 19.1 Å². The highest BCUT2D eigenvalue weighted by Crippen LogP contribution is 2.09. The molecule has 1 atom stereocenters. The highest BCUT2D eigenvalue weighted by Gasteiger charge is 2.00. The van der Waals surface area contributed by atoms with Crippen molar-refractivity contribution >= 4 is 0 Å². The Morgan fingerprint density at radius 3 is 2.61 bits per heavy atom. The summed E-state index contributed by atoms with van der Waals surface area (Å²) in [6.45, 7) is 6.36. The average Bonchev–Trinajstić information content (AvgIpc) is 2.38. The molecule has 0 spiro atoms. The summed E-state index contributed by atoms with van der Waals surface area (Å²) >= 11 is 0. The molecular weight excluding hydrogens is 222 g/mol. The Morgan fingerprint density at radius 1 is 1.28 bits per heavy atom. The normalized spacial score (nSPS) is 11.7. The van der Waals surface area contributed by atoms with Gasteiger partial charge in [-0.1, -0.05) is 44.2 Å². The van der Waals surface area contributed by atoms with Crippen LogP contribution in [0.2, 0.25) is 0 Å². The third-order valence-electron chi connectivity index (χ3n) is 2.74. The maximum Gasteiger partial charge on any atom is 0.0717 e. The Morgan fingerprint density at radius 2 is 2.00 bits per heavy atom. The van der Waals surface area contributed by atoms with Gasteiger partial charge in [-0.3, -0.25) is 0 Å². The Bertz CT molecular complexity index is 386. The van der Waals surface area contributed by atoms with Gasteiger partial charge < -0.3 is 10.5 Å². The van der Waals surface area contributed by atoms with Gasteiger partial charge in [-0.25, -0.2) is 0 Å². The zero-order valence-electron chi connectivity index (χ0n) is 11.4. The molecule has 2 heteroatoms. The molecule has 1 rings (SSSR count). The topological polar surface area (TPSA) is 35.2 Å². The summed E-state index contributed by atoms with van der Waals surface area (Å²) in [5, 5.41) is 0. The molecule has 0 amide bonds. The van der Waals surface area contributed by atoms with Gasteiger partial charge in [0.1, 0.15) is 0 Å². The quantitative estimate of drug-likeness (QED) is 0.782. The van der Waals surface area contributed by atoms with E-state index in [1.807, 2.05) is 12.1 Å². The third-order valence-corrected chi connectivity index (χ3v) is 2.74. The van der Waals surface area contributed by atoms with E-state index in [1.165, 1.54) is 18.4 Å². The van der Waals surface area contributed by atoms with Gasteiger partial charge in [-0.2, -0.15) is 0 Å². The Balaban J connectivity index is 2.35. The minimum Gasteiger partial charge on any atom is -0.376 e. The van der Waals surface area contributed by atoms with Crippen LogP contribution in [0.25, 0.3) is 0 Å². The Labute approximate surface area is 111 Å². The lowest BCUT2D eigenvalue weighted by molar-refractivity contribution is 0.0893. The lowest BCUT2D eigenvalue weighted by atomic mass is 10.1. The maximum absolute atomic E-state index is 5.70. The average molecular weight is 245 g/mol. The summed E-state index contributed by atoms with van der Waals surface area (Å²) in [6, 6.07) is 8.14. The van der Waals surface area contributed by atoms with E-state index in [0.717, 1.165) is 12.2 Å². The van der Waals surface area contributed by atoms with Crippen molar-refractivity contribution < 1.29 is 4.74 Å². The van der Waals surface area contributed by atoms with Crippen LogP contribution in [0.4, 0.5) is 0 Å². The molecule has 18 heavy (non-hydrogen) atoms. The molecule has 0 saturated carbocycles. The number of benzene rings is 1. The number of hydrogen-bond acceptors (Lipinski definition) is 2. The van der Waals surface area contributed by atoms with Gasteiger partial charge in [-0.15, -0.1) is 0 Å². The molecule has 0 heterocycles. The molecule has 0 aromatic heterocycles. The molecular formula is C16H23NO. The van der Waals surface area contributed by atoms with Gasteiger partial charge in [0.15, 0.2) is 0 Å². The van der Waals surface area contributed by atoms with Crippen LogP contribution in [-0.4, -0.2) is 13.2 Å². The van der Waals surface area contributed by atoms with Crippen molar-refractivity contribution in [2.24, 2.45) is 11.7 Å². The fourth-order valence-corrected chi connectivity index (χ4v) is 1.79. The first kappa shape index (κ1) is 14.8. The van der Waals surface area contributed by atoms with E-state index in [1.54, 1.807) is 0 Å². The van der Waals surface area contributed by atoms with Crippen LogP contribution in [0.1, 0.15) is 37.8 Å². The van der Waals surface area contributed by atoms with Crippen LogP contribution in [0.15, 0.2) is 24.3 Å². The van der Waals surface area contributed by atoms with Crippen LogP contribution in [0.5, 0.6) is 0 Å². The molecule has 0 aliphatic heterocycles. The largest absolute Gasteiger partial charge is 0.376 e. The smallest absolute Gasteiger partial charge is 0.0717 e. The van der Waals surface area contributed by atoms with Gasteiger partial charge in [0, 0.05) is 12.2 Å². The summed E-state index contributed by atoms with van der Waals surface area (Å²) in [6.07, 6.45) is 2.45. The van der Waals surface area contributed by atoms with E-state index >= 15 is 0 Å². The van der Waals surface area contributed by atoms with Crippen LogP contribution >= 0.6 is 0 Å². The second-order valence-corrected chi connectivity index (χ2v) is 4.61. The van der Waals surface area contributed by atoms with Gasteiger partial charge >= 0.3 is 0 Å². The molecule has 0 fully saturated rings. The fourth-order valence-electron chi connectivity index (χ4n) is 1.79. The number of ether oxygens (including phenoxy) is 1. The zero-order valence-corrected chi connectivity index (χ0v) is 11.4. The van der Waals surface area contributed by atoms with Crippen molar-refractivity contribution in [3.05, 3.63) is 35.4 Å². The Hall–Kier alpha value is -1.30.